The molecule has 1 saturated carbocycles. The Morgan fingerprint density at radius 1 is 1.33 bits per heavy atom. The lowest BCUT2D eigenvalue weighted by molar-refractivity contribution is 0.0701. The van der Waals surface area contributed by atoms with Crippen molar-refractivity contribution in [2.45, 2.75) is 38.1 Å². The molecule has 2 fully saturated rings. The van der Waals surface area contributed by atoms with Crippen LogP contribution in [0.5, 0.6) is 0 Å². The van der Waals surface area contributed by atoms with Gasteiger partial charge in [-0.15, -0.1) is 0 Å². The Kier molecular flexibility index (Phi) is 3.96. The Hall–Kier alpha value is -2.37. The molecule has 4 rings (SSSR count). The number of hydrogen-bond acceptors (Lipinski definition) is 3. The molecular weight excluding hydrogens is 304 g/mol. The molecule has 1 amide bonds. The van der Waals surface area contributed by atoms with Gasteiger partial charge in [-0.1, -0.05) is 0 Å². The molecule has 1 N–H and O–H groups in total. The molecule has 2 aromatic rings. The molecule has 24 heavy (non-hydrogen) atoms. The number of carbonyl (C=O) groups is 1. The average Bonchev–Trinajstić information content (AvgIpc) is 3.30. The summed E-state index contributed by atoms with van der Waals surface area (Å²) in [4.78, 5) is 33.5. The molecule has 6 heteroatoms. The Balaban J connectivity index is 1.51. The third kappa shape index (κ3) is 3.00. The lowest BCUT2D eigenvalue weighted by Gasteiger charge is -2.32. The van der Waals surface area contributed by atoms with Gasteiger partial charge in [-0.25, -0.2) is 4.98 Å². The summed E-state index contributed by atoms with van der Waals surface area (Å²) >= 11 is 0. The molecule has 0 bridgehead atoms. The lowest BCUT2D eigenvalue weighted by Crippen LogP contribution is -2.41. The Morgan fingerprint density at radius 2 is 2.21 bits per heavy atom. The van der Waals surface area contributed by atoms with Crippen LogP contribution in [0, 0.1) is 5.92 Å². The van der Waals surface area contributed by atoms with Gasteiger partial charge in [-0.05, 0) is 43.7 Å². The van der Waals surface area contributed by atoms with Crippen LogP contribution in [-0.2, 0) is 6.54 Å². The molecule has 0 aromatic carbocycles. The topological polar surface area (TPSA) is 71.0 Å². The minimum absolute atomic E-state index is 0.179. The molecule has 1 aliphatic heterocycles. The molecule has 126 valence electrons. The normalized spacial score (nSPS) is 21.0. The smallest absolute Gasteiger partial charge is 0.260 e. The van der Waals surface area contributed by atoms with Gasteiger partial charge in [0.05, 0.1) is 0 Å². The lowest BCUT2D eigenvalue weighted by atomic mass is 9.96. The van der Waals surface area contributed by atoms with Gasteiger partial charge in [-0.2, -0.15) is 0 Å². The summed E-state index contributed by atoms with van der Waals surface area (Å²) in [6.07, 6.45) is 10.1. The molecule has 1 atom stereocenters. The first kappa shape index (κ1) is 15.2. The quantitative estimate of drug-likeness (QED) is 0.934. The monoisotopic (exact) mass is 326 g/mol. The molecule has 0 radical (unpaired) electrons. The third-order valence-electron chi connectivity index (χ3n) is 5.02. The second-order valence-corrected chi connectivity index (χ2v) is 6.88. The average molecular weight is 326 g/mol. The number of carbonyl (C=O) groups excluding carboxylic acids is 1. The van der Waals surface area contributed by atoms with Crippen molar-refractivity contribution in [1.82, 2.24) is 19.4 Å². The molecule has 2 aliphatic rings. The molecule has 1 aliphatic carbocycles. The van der Waals surface area contributed by atoms with Gasteiger partial charge in [0.15, 0.2) is 0 Å². The van der Waals surface area contributed by atoms with E-state index in [2.05, 4.69) is 20.7 Å². The van der Waals surface area contributed by atoms with Crippen molar-refractivity contribution in [3.05, 3.63) is 52.5 Å². The zero-order valence-electron chi connectivity index (χ0n) is 13.6. The van der Waals surface area contributed by atoms with Gasteiger partial charge < -0.3 is 14.5 Å². The highest BCUT2D eigenvalue weighted by Gasteiger charge is 2.30. The van der Waals surface area contributed by atoms with Crippen molar-refractivity contribution >= 4 is 5.91 Å². The minimum atomic E-state index is -0.320. The molecule has 6 nitrogen and oxygen atoms in total. The van der Waals surface area contributed by atoms with Crippen LogP contribution >= 0.6 is 0 Å². The van der Waals surface area contributed by atoms with E-state index in [1.54, 1.807) is 23.2 Å². The van der Waals surface area contributed by atoms with Crippen LogP contribution in [0.2, 0.25) is 0 Å². The van der Waals surface area contributed by atoms with Crippen molar-refractivity contribution < 1.29 is 4.79 Å². The van der Waals surface area contributed by atoms with Crippen molar-refractivity contribution in [3.8, 4) is 0 Å². The molecule has 3 heterocycles. The van der Waals surface area contributed by atoms with Gasteiger partial charge in [0.25, 0.3) is 11.5 Å². The standard InChI is InChI=1S/C18H22N4O2/c23-17-15(4-1-7-20-17)18(24)22-9-2-3-14(12-22)16-19-8-10-21(16)11-13-5-6-13/h1,4,7-8,10,13-14H,2-3,5-6,9,11-12H2,(H,20,23)/t14-/m1/s1. The largest absolute Gasteiger partial charge is 0.338 e. The summed E-state index contributed by atoms with van der Waals surface area (Å²) in [6.45, 7) is 2.37. The second-order valence-electron chi connectivity index (χ2n) is 6.88. The zero-order valence-corrected chi connectivity index (χ0v) is 13.6. The highest BCUT2D eigenvalue weighted by Crippen LogP contribution is 2.33. The van der Waals surface area contributed by atoms with E-state index in [1.165, 1.54) is 12.8 Å². The summed E-state index contributed by atoms with van der Waals surface area (Å²) in [5, 5.41) is 0. The van der Waals surface area contributed by atoms with Crippen LogP contribution in [0.4, 0.5) is 0 Å². The molecule has 2 aromatic heterocycles. The summed E-state index contributed by atoms with van der Waals surface area (Å²) in [5.74, 6) is 1.95. The number of likely N-dealkylation sites (tertiary alicyclic amines) is 1. The van der Waals surface area contributed by atoms with Crippen LogP contribution < -0.4 is 5.56 Å². The first-order valence-corrected chi connectivity index (χ1v) is 8.70. The van der Waals surface area contributed by atoms with Crippen LogP contribution in [0.15, 0.2) is 35.5 Å². The summed E-state index contributed by atoms with van der Waals surface area (Å²) in [7, 11) is 0. The van der Waals surface area contributed by atoms with E-state index in [9.17, 15) is 9.59 Å². The fourth-order valence-corrected chi connectivity index (χ4v) is 3.55. The predicted octanol–water partition coefficient (Wildman–Crippen LogP) is 2.00. The van der Waals surface area contributed by atoms with Crippen LogP contribution in [-0.4, -0.2) is 38.4 Å². The highest BCUT2D eigenvalue weighted by molar-refractivity contribution is 5.93. The zero-order chi connectivity index (χ0) is 16.5. The van der Waals surface area contributed by atoms with Crippen molar-refractivity contribution in [1.29, 1.82) is 0 Å². The third-order valence-corrected chi connectivity index (χ3v) is 5.02. The number of aromatic nitrogens is 3. The summed E-state index contributed by atoms with van der Waals surface area (Å²) in [6, 6.07) is 3.29. The number of amides is 1. The number of piperidine rings is 1. The summed E-state index contributed by atoms with van der Waals surface area (Å²) < 4.78 is 2.26. The van der Waals surface area contributed by atoms with E-state index in [1.807, 2.05) is 6.20 Å². The van der Waals surface area contributed by atoms with Crippen molar-refractivity contribution in [3.63, 3.8) is 0 Å². The molecule has 0 spiro atoms. The van der Waals surface area contributed by atoms with Gasteiger partial charge in [-0.3, -0.25) is 9.59 Å². The van der Waals surface area contributed by atoms with Gasteiger partial charge in [0, 0.05) is 44.1 Å². The summed E-state index contributed by atoms with van der Waals surface area (Å²) in [5.41, 5.74) is -0.0978. The van der Waals surface area contributed by atoms with Crippen LogP contribution in [0.25, 0.3) is 0 Å². The SMILES string of the molecule is O=C(c1ccc[nH]c1=O)N1CCC[C@@H](c2nccn2CC2CC2)C1. The first-order chi connectivity index (χ1) is 11.7. The van der Waals surface area contributed by atoms with E-state index in [-0.39, 0.29) is 22.9 Å². The first-order valence-electron chi connectivity index (χ1n) is 8.70. The highest BCUT2D eigenvalue weighted by atomic mass is 16.2. The van der Waals surface area contributed by atoms with Gasteiger partial charge >= 0.3 is 0 Å². The van der Waals surface area contributed by atoms with Crippen molar-refractivity contribution in [2.24, 2.45) is 5.92 Å². The van der Waals surface area contributed by atoms with Crippen molar-refractivity contribution in [2.75, 3.05) is 13.1 Å². The number of H-pyrrole nitrogens is 1. The number of imidazole rings is 1. The van der Waals surface area contributed by atoms with Crippen LogP contribution in [0.3, 0.4) is 0 Å². The molecular formula is C18H22N4O2. The molecule has 1 saturated heterocycles. The maximum Gasteiger partial charge on any atom is 0.260 e. The van der Waals surface area contributed by atoms with E-state index >= 15 is 0 Å². The number of rotatable bonds is 4. The van der Waals surface area contributed by atoms with E-state index in [4.69, 9.17) is 0 Å². The number of hydrogen-bond donors (Lipinski definition) is 1. The Bertz CT molecular complexity index is 790. The van der Waals surface area contributed by atoms with E-state index in [0.717, 1.165) is 31.1 Å². The second kappa shape index (κ2) is 6.26. The van der Waals surface area contributed by atoms with Crippen LogP contribution in [0.1, 0.15) is 47.8 Å². The predicted molar refractivity (Wildman–Crippen MR) is 89.9 cm³/mol. The van der Waals surface area contributed by atoms with Gasteiger partial charge in [0.2, 0.25) is 0 Å². The van der Waals surface area contributed by atoms with E-state index < -0.39 is 0 Å². The van der Waals surface area contributed by atoms with Gasteiger partial charge in [0.1, 0.15) is 11.4 Å². The van der Waals surface area contributed by atoms with E-state index in [0.29, 0.717) is 13.1 Å². The maximum atomic E-state index is 12.7. The fraction of sp³-hybridized carbons (Fsp3) is 0.500. The number of pyridine rings is 1. The Morgan fingerprint density at radius 3 is 3.00 bits per heavy atom. The molecule has 0 unspecified atom stereocenters. The maximum absolute atomic E-state index is 12.7. The Labute approximate surface area is 140 Å². The fourth-order valence-electron chi connectivity index (χ4n) is 3.55. The number of aromatic amines is 1. The minimum Gasteiger partial charge on any atom is -0.338 e. The number of nitrogens with zero attached hydrogens (tertiary/aromatic N) is 3. The number of nitrogens with one attached hydrogen (secondary N) is 1.